The van der Waals surface area contributed by atoms with Crippen molar-refractivity contribution in [2.45, 2.75) is 52.2 Å². The molecule has 1 aliphatic rings. The van der Waals surface area contributed by atoms with E-state index in [1.165, 1.54) is 0 Å². The van der Waals surface area contributed by atoms with E-state index in [9.17, 15) is 4.79 Å². The van der Waals surface area contributed by atoms with E-state index in [0.29, 0.717) is 5.03 Å². The zero-order valence-electron chi connectivity index (χ0n) is 10.9. The molecule has 0 N–H and O–H groups in total. The van der Waals surface area contributed by atoms with Crippen LogP contribution >= 0.6 is 11.6 Å². The lowest BCUT2D eigenvalue weighted by molar-refractivity contribution is 0.0289. The molecule has 0 saturated heterocycles. The van der Waals surface area contributed by atoms with Crippen LogP contribution in [0, 0.1) is 0 Å². The highest BCUT2D eigenvalue weighted by Crippen LogP contribution is 2.22. The van der Waals surface area contributed by atoms with Gasteiger partial charge >= 0.3 is 6.09 Å². The van der Waals surface area contributed by atoms with Gasteiger partial charge < -0.3 is 4.74 Å². The zero-order chi connectivity index (χ0) is 13.1. The first-order valence-corrected chi connectivity index (χ1v) is 6.28. The fraction of sp³-hybridized carbons (Fsp3) is 0.615. The highest BCUT2D eigenvalue weighted by Gasteiger charge is 2.27. The van der Waals surface area contributed by atoms with Gasteiger partial charge in [-0.1, -0.05) is 24.9 Å². The standard InChI is InChI=1S/C13H20ClNO2/c1-5-6-11-9-10(14)7-8-15(11)12(16)17-13(2,3)4/h7-9,11H,5-6H2,1-4H3. The molecule has 17 heavy (non-hydrogen) atoms. The third kappa shape index (κ3) is 4.43. The Balaban J connectivity index is 2.75. The first-order valence-electron chi connectivity index (χ1n) is 5.90. The zero-order valence-corrected chi connectivity index (χ0v) is 11.6. The maximum atomic E-state index is 12.0. The van der Waals surface area contributed by atoms with Crippen molar-refractivity contribution in [2.24, 2.45) is 0 Å². The van der Waals surface area contributed by atoms with Crippen LogP contribution < -0.4 is 0 Å². The molecule has 0 saturated carbocycles. The summed E-state index contributed by atoms with van der Waals surface area (Å²) in [5.41, 5.74) is -0.480. The Bertz CT molecular complexity index is 342. The van der Waals surface area contributed by atoms with E-state index in [2.05, 4.69) is 6.92 Å². The van der Waals surface area contributed by atoms with Crippen LogP contribution in [0.15, 0.2) is 23.4 Å². The van der Waals surface area contributed by atoms with Gasteiger partial charge in [0.25, 0.3) is 0 Å². The van der Waals surface area contributed by atoms with Gasteiger partial charge in [-0.25, -0.2) is 4.79 Å². The van der Waals surface area contributed by atoms with Gasteiger partial charge in [0.2, 0.25) is 0 Å². The molecule has 0 aliphatic carbocycles. The lowest BCUT2D eigenvalue weighted by Crippen LogP contribution is -2.40. The van der Waals surface area contributed by atoms with Crippen molar-refractivity contribution < 1.29 is 9.53 Å². The van der Waals surface area contributed by atoms with E-state index < -0.39 is 5.60 Å². The Morgan fingerprint density at radius 1 is 1.53 bits per heavy atom. The largest absolute Gasteiger partial charge is 0.443 e. The van der Waals surface area contributed by atoms with Crippen LogP contribution in [0.1, 0.15) is 40.5 Å². The molecule has 1 amide bonds. The molecule has 0 spiro atoms. The lowest BCUT2D eigenvalue weighted by Gasteiger charge is -2.31. The Morgan fingerprint density at radius 3 is 2.71 bits per heavy atom. The molecule has 1 rings (SSSR count). The van der Waals surface area contributed by atoms with Crippen LogP contribution in [0.25, 0.3) is 0 Å². The van der Waals surface area contributed by atoms with E-state index in [4.69, 9.17) is 16.3 Å². The number of allylic oxidation sites excluding steroid dienone is 2. The van der Waals surface area contributed by atoms with E-state index >= 15 is 0 Å². The van der Waals surface area contributed by atoms with Crippen molar-refractivity contribution in [2.75, 3.05) is 0 Å². The monoisotopic (exact) mass is 257 g/mol. The molecule has 1 heterocycles. The van der Waals surface area contributed by atoms with E-state index in [-0.39, 0.29) is 12.1 Å². The van der Waals surface area contributed by atoms with E-state index in [0.717, 1.165) is 12.8 Å². The summed E-state index contributed by atoms with van der Waals surface area (Å²) in [4.78, 5) is 13.6. The number of nitrogens with zero attached hydrogens (tertiary/aromatic N) is 1. The van der Waals surface area contributed by atoms with Gasteiger partial charge in [-0.15, -0.1) is 0 Å². The molecule has 1 atom stereocenters. The summed E-state index contributed by atoms with van der Waals surface area (Å²) in [6.45, 7) is 7.65. The van der Waals surface area contributed by atoms with Gasteiger partial charge in [0.1, 0.15) is 5.60 Å². The predicted molar refractivity (Wildman–Crippen MR) is 69.8 cm³/mol. The smallest absolute Gasteiger partial charge is 0.414 e. The van der Waals surface area contributed by atoms with Crippen LogP contribution in [0.5, 0.6) is 0 Å². The molecule has 96 valence electrons. The normalized spacial score (nSPS) is 20.2. The summed E-state index contributed by atoms with van der Waals surface area (Å²) in [7, 11) is 0. The van der Waals surface area contributed by atoms with Crippen molar-refractivity contribution in [3.63, 3.8) is 0 Å². The number of carbonyl (C=O) groups excluding carboxylic acids is 1. The number of rotatable bonds is 2. The van der Waals surface area contributed by atoms with Crippen molar-refractivity contribution >= 4 is 17.7 Å². The number of hydrogen-bond donors (Lipinski definition) is 0. The van der Waals surface area contributed by atoms with Gasteiger partial charge in [0.15, 0.2) is 0 Å². The summed E-state index contributed by atoms with van der Waals surface area (Å²) >= 11 is 5.95. The maximum Gasteiger partial charge on any atom is 0.414 e. The molecular weight excluding hydrogens is 238 g/mol. The SMILES string of the molecule is CCCC1C=C(Cl)C=CN1C(=O)OC(C)(C)C. The van der Waals surface area contributed by atoms with Gasteiger partial charge in [0.05, 0.1) is 6.04 Å². The van der Waals surface area contributed by atoms with Crippen LogP contribution in [0.2, 0.25) is 0 Å². The first-order chi connectivity index (χ1) is 7.83. The van der Waals surface area contributed by atoms with E-state index in [1.54, 1.807) is 17.2 Å². The third-order valence-corrected chi connectivity index (χ3v) is 2.54. The summed E-state index contributed by atoms with van der Waals surface area (Å²) in [5, 5.41) is 0.670. The number of hydrogen-bond acceptors (Lipinski definition) is 2. The maximum absolute atomic E-state index is 12.0. The van der Waals surface area contributed by atoms with Gasteiger partial charge in [0, 0.05) is 11.2 Å². The Morgan fingerprint density at radius 2 is 2.18 bits per heavy atom. The van der Waals surface area contributed by atoms with Crippen molar-refractivity contribution in [3.8, 4) is 0 Å². The average Bonchev–Trinajstić information content (AvgIpc) is 2.15. The number of ether oxygens (including phenoxy) is 1. The second-order valence-corrected chi connectivity index (χ2v) is 5.55. The Hall–Kier alpha value is -0.960. The minimum atomic E-state index is -0.480. The fourth-order valence-corrected chi connectivity index (χ4v) is 1.81. The average molecular weight is 258 g/mol. The number of halogens is 1. The molecule has 0 bridgehead atoms. The second kappa shape index (κ2) is 5.58. The summed E-state index contributed by atoms with van der Waals surface area (Å²) < 4.78 is 5.35. The fourth-order valence-electron chi connectivity index (χ4n) is 1.61. The van der Waals surface area contributed by atoms with Crippen LogP contribution in [-0.2, 0) is 4.74 Å². The molecule has 0 fully saturated rings. The van der Waals surface area contributed by atoms with Gasteiger partial charge in [-0.2, -0.15) is 0 Å². The molecule has 3 nitrogen and oxygen atoms in total. The summed E-state index contributed by atoms with van der Waals surface area (Å²) in [6.07, 6.45) is 6.81. The Kier molecular flexibility index (Phi) is 4.63. The molecule has 4 heteroatoms. The molecule has 0 aromatic heterocycles. The minimum absolute atomic E-state index is 0.00708. The summed E-state index contributed by atoms with van der Waals surface area (Å²) in [5.74, 6) is 0. The second-order valence-electron chi connectivity index (χ2n) is 5.11. The molecule has 0 radical (unpaired) electrons. The molecule has 0 aromatic carbocycles. The van der Waals surface area contributed by atoms with Gasteiger partial charge in [-0.05, 0) is 39.3 Å². The molecular formula is C13H20ClNO2. The number of amides is 1. The predicted octanol–water partition coefficient (Wildman–Crippen LogP) is 4.04. The third-order valence-electron chi connectivity index (χ3n) is 2.29. The first kappa shape index (κ1) is 14.1. The van der Waals surface area contributed by atoms with Crippen molar-refractivity contribution in [1.82, 2.24) is 4.90 Å². The topological polar surface area (TPSA) is 29.5 Å². The minimum Gasteiger partial charge on any atom is -0.443 e. The van der Waals surface area contributed by atoms with Crippen molar-refractivity contribution in [3.05, 3.63) is 23.4 Å². The van der Waals surface area contributed by atoms with Crippen LogP contribution in [0.4, 0.5) is 4.79 Å². The van der Waals surface area contributed by atoms with Gasteiger partial charge in [-0.3, -0.25) is 4.90 Å². The van der Waals surface area contributed by atoms with Crippen LogP contribution in [-0.4, -0.2) is 22.6 Å². The lowest BCUT2D eigenvalue weighted by atomic mass is 10.1. The van der Waals surface area contributed by atoms with Crippen molar-refractivity contribution in [1.29, 1.82) is 0 Å². The molecule has 0 aromatic rings. The molecule has 1 aliphatic heterocycles. The highest BCUT2D eigenvalue weighted by atomic mass is 35.5. The quantitative estimate of drug-likeness (QED) is 0.747. The molecule has 1 unspecified atom stereocenters. The highest BCUT2D eigenvalue weighted by molar-refractivity contribution is 6.31. The van der Waals surface area contributed by atoms with E-state index in [1.807, 2.05) is 26.8 Å². The number of carbonyl (C=O) groups is 1. The van der Waals surface area contributed by atoms with Crippen LogP contribution in [0.3, 0.4) is 0 Å². The summed E-state index contributed by atoms with van der Waals surface area (Å²) in [6, 6.07) is -0.00708. The Labute approximate surface area is 108 Å².